The third kappa shape index (κ3) is 4.12. The summed E-state index contributed by atoms with van der Waals surface area (Å²) < 4.78 is 5.54. The number of carbonyl (C=O) groups is 1. The minimum absolute atomic E-state index is 0.300. The molecule has 0 unspecified atom stereocenters. The van der Waals surface area contributed by atoms with Gasteiger partial charge in [0.25, 0.3) is 0 Å². The fraction of sp³-hybridized carbons (Fsp3) is 0.235. The first-order valence-corrected chi connectivity index (χ1v) is 6.64. The second kappa shape index (κ2) is 6.24. The Morgan fingerprint density at radius 3 is 2.15 bits per heavy atom. The van der Waals surface area contributed by atoms with E-state index in [0.717, 1.165) is 5.69 Å². The zero-order valence-electron chi connectivity index (χ0n) is 11.8. The second-order valence-electron chi connectivity index (χ2n) is 5.23. The number of anilines is 1. The molecule has 0 saturated heterocycles. The molecule has 0 saturated carbocycles. The lowest BCUT2D eigenvalue weighted by Crippen LogP contribution is -2.35. The molecule has 0 aromatic heterocycles. The van der Waals surface area contributed by atoms with Gasteiger partial charge in [0.15, 0.2) is 0 Å². The third-order valence-electron chi connectivity index (χ3n) is 2.87. The molecule has 0 aliphatic carbocycles. The summed E-state index contributed by atoms with van der Waals surface area (Å²) in [5.41, 5.74) is 1.000. The van der Waals surface area contributed by atoms with Crippen molar-refractivity contribution < 1.29 is 9.53 Å². The molecule has 2 aromatic carbocycles. The van der Waals surface area contributed by atoms with Crippen LogP contribution in [0.3, 0.4) is 0 Å². The third-order valence-corrected chi connectivity index (χ3v) is 2.87. The van der Waals surface area contributed by atoms with Crippen LogP contribution in [0.25, 0.3) is 0 Å². The molecule has 2 aromatic rings. The summed E-state index contributed by atoms with van der Waals surface area (Å²) in [6.07, 6.45) is 0. The highest BCUT2D eigenvalue weighted by Gasteiger charge is 2.23. The number of hydrogen-bond acceptors (Lipinski definition) is 3. The molecular weight excluding hydrogens is 250 g/mol. The Balaban J connectivity index is 1.92. The average molecular weight is 269 g/mol. The van der Waals surface area contributed by atoms with Crippen LogP contribution < -0.4 is 5.32 Å². The van der Waals surface area contributed by atoms with E-state index < -0.39 is 5.60 Å². The van der Waals surface area contributed by atoms with Crippen molar-refractivity contribution in [3.63, 3.8) is 0 Å². The summed E-state index contributed by atoms with van der Waals surface area (Å²) in [5, 5.41) is 3.26. The molecule has 0 spiro atoms. The van der Waals surface area contributed by atoms with Crippen LogP contribution in [-0.2, 0) is 4.74 Å². The van der Waals surface area contributed by atoms with E-state index in [1.165, 1.54) is 0 Å². The minimum Gasteiger partial charge on any atom is -0.454 e. The number of benzene rings is 2. The number of carbonyl (C=O) groups excluding carboxylic acids is 1. The highest BCUT2D eigenvalue weighted by atomic mass is 16.6. The first kappa shape index (κ1) is 14.1. The number of nitrogens with one attached hydrogen (secondary N) is 1. The molecule has 0 fully saturated rings. The Hall–Kier alpha value is -2.29. The summed E-state index contributed by atoms with van der Waals surface area (Å²) in [5.74, 6) is -0.300. The van der Waals surface area contributed by atoms with E-state index in [1.54, 1.807) is 12.1 Å². The van der Waals surface area contributed by atoms with Gasteiger partial charge in [-0.05, 0) is 38.1 Å². The van der Waals surface area contributed by atoms with Crippen LogP contribution in [0, 0.1) is 0 Å². The molecule has 0 amide bonds. The Labute approximate surface area is 119 Å². The van der Waals surface area contributed by atoms with Crippen molar-refractivity contribution in [2.24, 2.45) is 0 Å². The topological polar surface area (TPSA) is 38.3 Å². The van der Waals surface area contributed by atoms with Gasteiger partial charge in [-0.15, -0.1) is 0 Å². The quantitative estimate of drug-likeness (QED) is 0.840. The molecule has 0 heterocycles. The van der Waals surface area contributed by atoms with Crippen molar-refractivity contribution >= 4 is 11.7 Å². The smallest absolute Gasteiger partial charge is 0.338 e. The lowest BCUT2D eigenvalue weighted by Gasteiger charge is -2.26. The molecular formula is C17H19NO2. The monoisotopic (exact) mass is 269 g/mol. The zero-order chi connectivity index (χ0) is 14.4. The average Bonchev–Trinajstić information content (AvgIpc) is 2.47. The molecule has 0 radical (unpaired) electrons. The van der Waals surface area contributed by atoms with E-state index in [0.29, 0.717) is 12.1 Å². The predicted molar refractivity (Wildman–Crippen MR) is 80.9 cm³/mol. The predicted octanol–water partition coefficient (Wildman–Crippen LogP) is 3.73. The van der Waals surface area contributed by atoms with Gasteiger partial charge in [-0.25, -0.2) is 4.79 Å². The van der Waals surface area contributed by atoms with Crippen molar-refractivity contribution in [1.82, 2.24) is 0 Å². The van der Waals surface area contributed by atoms with E-state index in [1.807, 2.05) is 62.4 Å². The summed E-state index contributed by atoms with van der Waals surface area (Å²) in [6.45, 7) is 4.34. The number of ether oxygens (including phenoxy) is 1. The van der Waals surface area contributed by atoms with Gasteiger partial charge < -0.3 is 10.1 Å². The van der Waals surface area contributed by atoms with Crippen LogP contribution in [0.15, 0.2) is 60.7 Å². The van der Waals surface area contributed by atoms with Crippen molar-refractivity contribution in [3.05, 3.63) is 66.2 Å². The summed E-state index contributed by atoms with van der Waals surface area (Å²) in [6, 6.07) is 18.9. The number of para-hydroxylation sites is 1. The Morgan fingerprint density at radius 1 is 1.00 bits per heavy atom. The van der Waals surface area contributed by atoms with E-state index in [9.17, 15) is 4.79 Å². The zero-order valence-corrected chi connectivity index (χ0v) is 11.8. The Bertz CT molecular complexity index is 550. The van der Waals surface area contributed by atoms with E-state index in [-0.39, 0.29) is 5.97 Å². The van der Waals surface area contributed by atoms with Gasteiger partial charge in [0.1, 0.15) is 5.60 Å². The van der Waals surface area contributed by atoms with Crippen LogP contribution in [0.4, 0.5) is 5.69 Å². The maximum Gasteiger partial charge on any atom is 0.338 e. The number of hydrogen-bond donors (Lipinski definition) is 1. The van der Waals surface area contributed by atoms with E-state index >= 15 is 0 Å². The van der Waals surface area contributed by atoms with Gasteiger partial charge in [-0.3, -0.25) is 0 Å². The first-order chi connectivity index (χ1) is 9.57. The van der Waals surface area contributed by atoms with Crippen molar-refractivity contribution in [3.8, 4) is 0 Å². The molecule has 104 valence electrons. The van der Waals surface area contributed by atoms with E-state index in [2.05, 4.69) is 5.32 Å². The standard InChI is InChI=1S/C17H19NO2/c1-17(2,13-18-15-11-7-4-8-12-15)20-16(19)14-9-5-3-6-10-14/h3-12,18H,13H2,1-2H3. The molecule has 2 rings (SSSR count). The van der Waals surface area contributed by atoms with Crippen molar-refractivity contribution in [2.75, 3.05) is 11.9 Å². The van der Waals surface area contributed by atoms with Gasteiger partial charge in [-0.1, -0.05) is 36.4 Å². The summed E-state index contributed by atoms with van der Waals surface area (Å²) in [7, 11) is 0. The normalized spacial score (nSPS) is 10.9. The molecule has 0 aliphatic rings. The lowest BCUT2D eigenvalue weighted by molar-refractivity contribution is 0.00459. The fourth-order valence-corrected chi connectivity index (χ4v) is 1.79. The van der Waals surface area contributed by atoms with Crippen molar-refractivity contribution in [1.29, 1.82) is 0 Å². The van der Waals surface area contributed by atoms with Gasteiger partial charge in [-0.2, -0.15) is 0 Å². The van der Waals surface area contributed by atoms with Crippen molar-refractivity contribution in [2.45, 2.75) is 19.4 Å². The Morgan fingerprint density at radius 2 is 1.55 bits per heavy atom. The molecule has 0 bridgehead atoms. The largest absolute Gasteiger partial charge is 0.454 e. The van der Waals surface area contributed by atoms with Gasteiger partial charge in [0.05, 0.1) is 12.1 Å². The van der Waals surface area contributed by atoms with E-state index in [4.69, 9.17) is 4.74 Å². The fourth-order valence-electron chi connectivity index (χ4n) is 1.79. The number of rotatable bonds is 5. The first-order valence-electron chi connectivity index (χ1n) is 6.64. The lowest BCUT2D eigenvalue weighted by atomic mass is 10.1. The Kier molecular flexibility index (Phi) is 4.41. The van der Waals surface area contributed by atoms with Gasteiger partial charge in [0.2, 0.25) is 0 Å². The van der Waals surface area contributed by atoms with Gasteiger partial charge >= 0.3 is 5.97 Å². The van der Waals surface area contributed by atoms with Crippen LogP contribution in [-0.4, -0.2) is 18.1 Å². The molecule has 20 heavy (non-hydrogen) atoms. The molecule has 3 heteroatoms. The molecule has 1 N–H and O–H groups in total. The van der Waals surface area contributed by atoms with Crippen LogP contribution >= 0.6 is 0 Å². The van der Waals surface area contributed by atoms with Crippen LogP contribution in [0.5, 0.6) is 0 Å². The maximum absolute atomic E-state index is 12.0. The maximum atomic E-state index is 12.0. The highest BCUT2D eigenvalue weighted by molar-refractivity contribution is 5.89. The van der Waals surface area contributed by atoms with Crippen LogP contribution in [0.1, 0.15) is 24.2 Å². The number of esters is 1. The highest BCUT2D eigenvalue weighted by Crippen LogP contribution is 2.15. The summed E-state index contributed by atoms with van der Waals surface area (Å²) in [4.78, 5) is 12.0. The molecule has 3 nitrogen and oxygen atoms in total. The molecule has 0 aliphatic heterocycles. The minimum atomic E-state index is -0.581. The van der Waals surface area contributed by atoms with Crippen LogP contribution in [0.2, 0.25) is 0 Å². The SMILES string of the molecule is CC(C)(CNc1ccccc1)OC(=O)c1ccccc1. The summed E-state index contributed by atoms with van der Waals surface area (Å²) >= 11 is 0. The second-order valence-corrected chi connectivity index (χ2v) is 5.23. The molecule has 0 atom stereocenters. The van der Waals surface area contributed by atoms with Gasteiger partial charge in [0, 0.05) is 5.69 Å².